The SMILES string of the molecule is CCNC(C)C1CCC(C)(C)CC1C. The largest absolute Gasteiger partial charge is 0.314 e. The fourth-order valence-corrected chi connectivity index (χ4v) is 3.18. The highest BCUT2D eigenvalue weighted by Gasteiger charge is 2.34. The van der Waals surface area contributed by atoms with Crippen molar-refractivity contribution in [2.24, 2.45) is 17.3 Å². The Labute approximate surface area is 89.7 Å². The Bertz CT molecular complexity index is 174. The molecule has 84 valence electrons. The van der Waals surface area contributed by atoms with E-state index in [0.717, 1.165) is 18.4 Å². The van der Waals surface area contributed by atoms with Crippen LogP contribution in [0, 0.1) is 17.3 Å². The van der Waals surface area contributed by atoms with Gasteiger partial charge in [-0.2, -0.15) is 0 Å². The van der Waals surface area contributed by atoms with Gasteiger partial charge in [0.2, 0.25) is 0 Å². The third-order valence-corrected chi connectivity index (χ3v) is 3.93. The van der Waals surface area contributed by atoms with Crippen LogP contribution in [0.4, 0.5) is 0 Å². The fourth-order valence-electron chi connectivity index (χ4n) is 3.18. The molecule has 0 saturated heterocycles. The van der Waals surface area contributed by atoms with Crippen LogP contribution in [-0.4, -0.2) is 12.6 Å². The second-order valence-electron chi connectivity index (χ2n) is 5.89. The predicted octanol–water partition coefficient (Wildman–Crippen LogP) is 3.45. The minimum absolute atomic E-state index is 0.585. The molecule has 1 heteroatoms. The Morgan fingerprint density at radius 3 is 2.57 bits per heavy atom. The van der Waals surface area contributed by atoms with Crippen LogP contribution in [0.5, 0.6) is 0 Å². The van der Waals surface area contributed by atoms with Crippen molar-refractivity contribution in [1.29, 1.82) is 0 Å². The molecule has 3 unspecified atom stereocenters. The topological polar surface area (TPSA) is 12.0 Å². The molecule has 0 aromatic heterocycles. The maximum Gasteiger partial charge on any atom is 0.00694 e. The first-order chi connectivity index (χ1) is 6.46. The molecule has 1 saturated carbocycles. The predicted molar refractivity (Wildman–Crippen MR) is 63.4 cm³/mol. The van der Waals surface area contributed by atoms with Crippen molar-refractivity contribution >= 4 is 0 Å². The lowest BCUT2D eigenvalue weighted by atomic mass is 9.66. The second-order valence-corrected chi connectivity index (χ2v) is 5.89. The summed E-state index contributed by atoms with van der Waals surface area (Å²) in [4.78, 5) is 0. The number of nitrogens with one attached hydrogen (secondary N) is 1. The van der Waals surface area contributed by atoms with Gasteiger partial charge in [0.25, 0.3) is 0 Å². The first-order valence-corrected chi connectivity index (χ1v) is 6.19. The van der Waals surface area contributed by atoms with Crippen LogP contribution < -0.4 is 5.32 Å². The van der Waals surface area contributed by atoms with Gasteiger partial charge in [0.1, 0.15) is 0 Å². The fraction of sp³-hybridized carbons (Fsp3) is 1.00. The molecule has 0 heterocycles. The minimum Gasteiger partial charge on any atom is -0.314 e. The molecule has 0 aromatic rings. The molecule has 14 heavy (non-hydrogen) atoms. The summed E-state index contributed by atoms with van der Waals surface area (Å²) in [6.07, 6.45) is 4.20. The highest BCUT2D eigenvalue weighted by Crippen LogP contribution is 2.42. The summed E-state index contributed by atoms with van der Waals surface area (Å²) in [5.41, 5.74) is 0.585. The molecule has 0 aromatic carbocycles. The smallest absolute Gasteiger partial charge is 0.00694 e. The summed E-state index contributed by atoms with van der Waals surface area (Å²) in [6, 6.07) is 0.700. The molecule has 1 rings (SSSR count). The standard InChI is InChI=1S/C13H27N/c1-6-14-11(3)12-7-8-13(4,5)9-10(12)2/h10-12,14H,6-9H2,1-5H3. The zero-order valence-electron chi connectivity index (χ0n) is 10.6. The molecule has 0 radical (unpaired) electrons. The molecule has 0 bridgehead atoms. The molecule has 0 spiro atoms. The summed E-state index contributed by atoms with van der Waals surface area (Å²) in [5, 5.41) is 3.57. The van der Waals surface area contributed by atoms with E-state index in [1.807, 2.05) is 0 Å². The van der Waals surface area contributed by atoms with Gasteiger partial charge in [-0.3, -0.25) is 0 Å². The van der Waals surface area contributed by atoms with Crippen molar-refractivity contribution in [2.75, 3.05) is 6.54 Å². The zero-order valence-corrected chi connectivity index (χ0v) is 10.6. The van der Waals surface area contributed by atoms with E-state index in [1.54, 1.807) is 0 Å². The Balaban J connectivity index is 2.49. The molecule has 1 N–H and O–H groups in total. The van der Waals surface area contributed by atoms with E-state index in [4.69, 9.17) is 0 Å². The van der Waals surface area contributed by atoms with E-state index < -0.39 is 0 Å². The second kappa shape index (κ2) is 4.65. The number of hydrogen-bond acceptors (Lipinski definition) is 1. The van der Waals surface area contributed by atoms with E-state index in [-0.39, 0.29) is 0 Å². The first-order valence-electron chi connectivity index (χ1n) is 6.19. The summed E-state index contributed by atoms with van der Waals surface area (Å²) in [6.45, 7) is 12.9. The summed E-state index contributed by atoms with van der Waals surface area (Å²) in [7, 11) is 0. The normalized spacial score (nSPS) is 34.1. The molecule has 0 amide bonds. The lowest BCUT2D eigenvalue weighted by Crippen LogP contribution is -2.41. The van der Waals surface area contributed by atoms with Crippen LogP contribution in [0.15, 0.2) is 0 Å². The Morgan fingerprint density at radius 1 is 1.43 bits per heavy atom. The van der Waals surface area contributed by atoms with E-state index in [1.165, 1.54) is 19.3 Å². The van der Waals surface area contributed by atoms with E-state index in [9.17, 15) is 0 Å². The molecule has 1 fully saturated rings. The van der Waals surface area contributed by atoms with Crippen molar-refractivity contribution in [3.63, 3.8) is 0 Å². The van der Waals surface area contributed by atoms with Crippen molar-refractivity contribution in [3.05, 3.63) is 0 Å². The van der Waals surface area contributed by atoms with Gasteiger partial charge < -0.3 is 5.32 Å². The van der Waals surface area contributed by atoms with Gasteiger partial charge in [-0.25, -0.2) is 0 Å². The molecular formula is C13H27N. The van der Waals surface area contributed by atoms with Crippen LogP contribution in [-0.2, 0) is 0 Å². The molecular weight excluding hydrogens is 170 g/mol. The monoisotopic (exact) mass is 197 g/mol. The van der Waals surface area contributed by atoms with Gasteiger partial charge in [-0.15, -0.1) is 0 Å². The average Bonchev–Trinajstić information content (AvgIpc) is 2.02. The third-order valence-electron chi connectivity index (χ3n) is 3.93. The summed E-state index contributed by atoms with van der Waals surface area (Å²) < 4.78 is 0. The number of rotatable bonds is 3. The van der Waals surface area contributed by atoms with Crippen molar-refractivity contribution in [3.8, 4) is 0 Å². The molecule has 1 aliphatic rings. The summed E-state index contributed by atoms with van der Waals surface area (Å²) >= 11 is 0. The van der Waals surface area contributed by atoms with Crippen LogP contribution in [0.2, 0.25) is 0 Å². The minimum atomic E-state index is 0.585. The highest BCUT2D eigenvalue weighted by atomic mass is 14.9. The van der Waals surface area contributed by atoms with Crippen LogP contribution in [0.1, 0.15) is 53.9 Å². The average molecular weight is 197 g/mol. The highest BCUT2D eigenvalue weighted by molar-refractivity contribution is 4.87. The lowest BCUT2D eigenvalue weighted by Gasteiger charge is -2.42. The molecule has 3 atom stereocenters. The Hall–Kier alpha value is -0.0400. The molecule has 0 aliphatic heterocycles. The van der Waals surface area contributed by atoms with Gasteiger partial charge in [0.05, 0.1) is 0 Å². The van der Waals surface area contributed by atoms with Crippen LogP contribution in [0.25, 0.3) is 0 Å². The van der Waals surface area contributed by atoms with E-state index >= 15 is 0 Å². The molecule has 1 aliphatic carbocycles. The zero-order chi connectivity index (χ0) is 10.8. The van der Waals surface area contributed by atoms with Gasteiger partial charge in [0.15, 0.2) is 0 Å². The lowest BCUT2D eigenvalue weighted by molar-refractivity contribution is 0.106. The van der Waals surface area contributed by atoms with Gasteiger partial charge in [-0.1, -0.05) is 27.7 Å². The maximum atomic E-state index is 3.57. The van der Waals surface area contributed by atoms with Crippen molar-refractivity contribution < 1.29 is 0 Å². The quantitative estimate of drug-likeness (QED) is 0.731. The molecule has 1 nitrogen and oxygen atoms in total. The van der Waals surface area contributed by atoms with Gasteiger partial charge in [0, 0.05) is 6.04 Å². The van der Waals surface area contributed by atoms with E-state index in [0.29, 0.717) is 11.5 Å². The summed E-state index contributed by atoms with van der Waals surface area (Å²) in [5.74, 6) is 1.77. The van der Waals surface area contributed by atoms with Gasteiger partial charge >= 0.3 is 0 Å². The van der Waals surface area contributed by atoms with Crippen molar-refractivity contribution in [2.45, 2.75) is 59.9 Å². The third kappa shape index (κ3) is 2.98. The number of hydrogen-bond donors (Lipinski definition) is 1. The van der Waals surface area contributed by atoms with Crippen LogP contribution >= 0.6 is 0 Å². The van der Waals surface area contributed by atoms with E-state index in [2.05, 4.69) is 39.9 Å². The Morgan fingerprint density at radius 2 is 2.07 bits per heavy atom. The maximum absolute atomic E-state index is 3.57. The van der Waals surface area contributed by atoms with Crippen LogP contribution in [0.3, 0.4) is 0 Å². The Kier molecular flexibility index (Phi) is 4.00. The van der Waals surface area contributed by atoms with Crippen molar-refractivity contribution in [1.82, 2.24) is 5.32 Å². The first kappa shape index (κ1) is 12.0. The van der Waals surface area contributed by atoms with Gasteiger partial charge in [-0.05, 0) is 50.0 Å².